The molecule has 0 unspecified atom stereocenters. The molecule has 2 amide bonds. The van der Waals surface area contributed by atoms with Crippen molar-refractivity contribution in [2.45, 2.75) is 51.5 Å². The largest absolute Gasteiger partial charge is 0.356 e. The first-order valence-electron chi connectivity index (χ1n) is 11.7. The van der Waals surface area contributed by atoms with E-state index >= 15 is 0 Å². The maximum absolute atomic E-state index is 13.9. The van der Waals surface area contributed by atoms with Crippen LogP contribution in [0.5, 0.6) is 0 Å². The van der Waals surface area contributed by atoms with E-state index in [1.807, 2.05) is 24.0 Å². The van der Waals surface area contributed by atoms with Crippen LogP contribution in [0.4, 0.5) is 0 Å². The third-order valence-corrected chi connectivity index (χ3v) is 7.33. The van der Waals surface area contributed by atoms with Crippen LogP contribution in [-0.4, -0.2) is 46.2 Å². The van der Waals surface area contributed by atoms with Gasteiger partial charge in [-0.25, -0.2) is 0 Å². The number of piperazine rings is 1. The van der Waals surface area contributed by atoms with E-state index in [0.29, 0.717) is 13.1 Å². The molecule has 2 aromatic carbocycles. The maximum atomic E-state index is 13.9. The molecule has 2 atom stereocenters. The molecule has 0 aliphatic carbocycles. The summed E-state index contributed by atoms with van der Waals surface area (Å²) >= 11 is 0. The molecule has 3 heterocycles. The van der Waals surface area contributed by atoms with Crippen molar-refractivity contribution < 1.29 is 9.59 Å². The van der Waals surface area contributed by atoms with Gasteiger partial charge in [0.15, 0.2) is 5.54 Å². The van der Waals surface area contributed by atoms with Gasteiger partial charge in [0, 0.05) is 29.9 Å². The number of carbonyl (C=O) groups is 2. The highest BCUT2D eigenvalue weighted by molar-refractivity contribution is 6.01. The van der Waals surface area contributed by atoms with Crippen molar-refractivity contribution >= 4 is 22.7 Å². The van der Waals surface area contributed by atoms with E-state index in [1.165, 1.54) is 11.1 Å². The second-order valence-corrected chi connectivity index (χ2v) is 9.43. The lowest BCUT2D eigenvalue weighted by Crippen LogP contribution is -2.67. The van der Waals surface area contributed by atoms with E-state index < -0.39 is 5.54 Å². The van der Waals surface area contributed by atoms with E-state index in [2.05, 4.69) is 55.2 Å². The SMILES string of the molecule is CCCCCN1CC(=O)N2C[C@H](c3ccc(C)cc3)c3c([nH]c4ccccc34)[C@]2(C)C1=O. The first-order chi connectivity index (χ1) is 15.4. The molecule has 5 nitrogen and oxygen atoms in total. The minimum absolute atomic E-state index is 0.0261. The average Bonchev–Trinajstić information content (AvgIpc) is 3.19. The van der Waals surface area contributed by atoms with Crippen LogP contribution in [0, 0.1) is 6.92 Å². The molecule has 1 saturated heterocycles. The molecular formula is C27H31N3O2. The summed E-state index contributed by atoms with van der Waals surface area (Å²) in [7, 11) is 0. The summed E-state index contributed by atoms with van der Waals surface area (Å²) in [6, 6.07) is 16.8. The summed E-state index contributed by atoms with van der Waals surface area (Å²) in [4.78, 5) is 34.4. The molecule has 32 heavy (non-hydrogen) atoms. The summed E-state index contributed by atoms with van der Waals surface area (Å²) in [5, 5.41) is 1.14. The van der Waals surface area contributed by atoms with Gasteiger partial charge in [-0.05, 0) is 37.5 Å². The first kappa shape index (κ1) is 20.8. The molecule has 1 fully saturated rings. The number of benzene rings is 2. The zero-order valence-electron chi connectivity index (χ0n) is 19.1. The number of unbranched alkanes of at least 4 members (excludes halogenated alkanes) is 2. The minimum atomic E-state index is -1.00. The van der Waals surface area contributed by atoms with Crippen LogP contribution in [0.15, 0.2) is 48.5 Å². The molecule has 5 rings (SSSR count). The summed E-state index contributed by atoms with van der Waals surface area (Å²) in [5.74, 6) is 0.0894. The van der Waals surface area contributed by atoms with Gasteiger partial charge in [-0.2, -0.15) is 0 Å². The van der Waals surface area contributed by atoms with Crippen LogP contribution in [0.25, 0.3) is 10.9 Å². The molecule has 0 saturated carbocycles. The second kappa shape index (κ2) is 7.80. The lowest BCUT2D eigenvalue weighted by molar-refractivity contribution is -0.166. The van der Waals surface area contributed by atoms with Gasteiger partial charge < -0.3 is 14.8 Å². The quantitative estimate of drug-likeness (QED) is 0.598. The van der Waals surface area contributed by atoms with Gasteiger partial charge in [0.1, 0.15) is 0 Å². The predicted molar refractivity (Wildman–Crippen MR) is 126 cm³/mol. The van der Waals surface area contributed by atoms with Crippen molar-refractivity contribution in [2.75, 3.05) is 19.6 Å². The topological polar surface area (TPSA) is 56.4 Å². The Hall–Kier alpha value is -3.08. The van der Waals surface area contributed by atoms with Gasteiger partial charge in [-0.1, -0.05) is 67.8 Å². The number of aryl methyl sites for hydroxylation is 1. The fraction of sp³-hybridized carbons (Fsp3) is 0.407. The van der Waals surface area contributed by atoms with Crippen molar-refractivity contribution in [3.63, 3.8) is 0 Å². The van der Waals surface area contributed by atoms with Crippen molar-refractivity contribution in [1.29, 1.82) is 0 Å². The van der Waals surface area contributed by atoms with Crippen molar-refractivity contribution in [1.82, 2.24) is 14.8 Å². The van der Waals surface area contributed by atoms with Gasteiger partial charge >= 0.3 is 0 Å². The first-order valence-corrected chi connectivity index (χ1v) is 11.7. The van der Waals surface area contributed by atoms with Gasteiger partial charge in [0.05, 0.1) is 12.2 Å². The summed E-state index contributed by atoms with van der Waals surface area (Å²) in [6.07, 6.45) is 3.08. The summed E-state index contributed by atoms with van der Waals surface area (Å²) in [5.41, 5.74) is 4.42. The third-order valence-electron chi connectivity index (χ3n) is 7.33. The van der Waals surface area contributed by atoms with Crippen LogP contribution in [0.3, 0.4) is 0 Å². The molecule has 2 aliphatic heterocycles. The molecule has 1 N–H and O–H groups in total. The number of aromatic nitrogens is 1. The monoisotopic (exact) mass is 429 g/mol. The Balaban J connectivity index is 1.67. The van der Waals surface area contributed by atoms with Gasteiger partial charge in [0.25, 0.3) is 5.91 Å². The predicted octanol–water partition coefficient (Wildman–Crippen LogP) is 4.70. The van der Waals surface area contributed by atoms with E-state index in [4.69, 9.17) is 0 Å². The van der Waals surface area contributed by atoms with Gasteiger partial charge in [-0.3, -0.25) is 9.59 Å². The van der Waals surface area contributed by atoms with Crippen LogP contribution < -0.4 is 0 Å². The van der Waals surface area contributed by atoms with Crippen molar-refractivity contribution in [2.24, 2.45) is 0 Å². The Morgan fingerprint density at radius 2 is 1.81 bits per heavy atom. The van der Waals surface area contributed by atoms with E-state index in [1.54, 1.807) is 4.90 Å². The fourth-order valence-corrected chi connectivity index (χ4v) is 5.51. The lowest BCUT2D eigenvalue weighted by Gasteiger charge is -2.51. The number of H-pyrrole nitrogens is 1. The molecule has 0 spiro atoms. The Bertz CT molecular complexity index is 1180. The number of rotatable bonds is 5. The zero-order valence-corrected chi connectivity index (χ0v) is 19.1. The van der Waals surface area contributed by atoms with E-state index in [9.17, 15) is 9.59 Å². The number of aromatic amines is 1. The second-order valence-electron chi connectivity index (χ2n) is 9.43. The smallest absolute Gasteiger partial charge is 0.254 e. The van der Waals surface area contributed by atoms with Crippen LogP contribution in [-0.2, 0) is 15.1 Å². The molecule has 1 aromatic heterocycles. The molecule has 5 heteroatoms. The van der Waals surface area contributed by atoms with Crippen molar-refractivity contribution in [3.05, 3.63) is 70.9 Å². The number of para-hydroxylation sites is 1. The van der Waals surface area contributed by atoms with Crippen LogP contribution in [0.2, 0.25) is 0 Å². The van der Waals surface area contributed by atoms with E-state index in [0.717, 1.165) is 41.4 Å². The summed E-state index contributed by atoms with van der Waals surface area (Å²) < 4.78 is 0. The minimum Gasteiger partial charge on any atom is -0.356 e. The van der Waals surface area contributed by atoms with Gasteiger partial charge in [-0.15, -0.1) is 0 Å². The summed E-state index contributed by atoms with van der Waals surface area (Å²) in [6.45, 7) is 7.49. The van der Waals surface area contributed by atoms with Crippen LogP contribution in [0.1, 0.15) is 61.4 Å². The molecule has 166 valence electrons. The number of amides is 2. The number of hydrogen-bond donors (Lipinski definition) is 1. The number of nitrogens with one attached hydrogen (secondary N) is 1. The number of nitrogens with zero attached hydrogens (tertiary/aromatic N) is 2. The third kappa shape index (κ3) is 3.06. The Labute approximate surface area is 189 Å². The lowest BCUT2D eigenvalue weighted by atomic mass is 9.76. The Morgan fingerprint density at radius 3 is 2.56 bits per heavy atom. The number of fused-ring (bicyclic) bond motifs is 5. The Morgan fingerprint density at radius 1 is 1.06 bits per heavy atom. The number of hydrogen-bond acceptors (Lipinski definition) is 2. The molecule has 0 radical (unpaired) electrons. The highest BCUT2D eigenvalue weighted by Gasteiger charge is 2.56. The standard InChI is InChI=1S/C27H31N3O2/c1-4-5-8-15-29-17-23(31)30-16-21(19-13-11-18(2)12-14-19)24-20-9-6-7-10-22(20)28-25(24)27(30,3)26(29)32/h6-7,9-14,21,28H,4-5,8,15-17H2,1-3H3/t21-,27-/m1/s1. The average molecular weight is 430 g/mol. The normalized spacial score (nSPS) is 22.9. The highest BCUT2D eigenvalue weighted by Crippen LogP contribution is 2.48. The molecular weight excluding hydrogens is 398 g/mol. The molecule has 3 aromatic rings. The number of carbonyl (C=O) groups excluding carboxylic acids is 2. The van der Waals surface area contributed by atoms with Crippen LogP contribution >= 0.6 is 0 Å². The zero-order chi connectivity index (χ0) is 22.5. The Kier molecular flexibility index (Phi) is 5.07. The fourth-order valence-electron chi connectivity index (χ4n) is 5.51. The molecule has 0 bridgehead atoms. The maximum Gasteiger partial charge on any atom is 0.254 e. The van der Waals surface area contributed by atoms with E-state index in [-0.39, 0.29) is 24.3 Å². The van der Waals surface area contributed by atoms with Crippen molar-refractivity contribution in [3.8, 4) is 0 Å². The molecule has 2 aliphatic rings. The highest BCUT2D eigenvalue weighted by atomic mass is 16.2. The van der Waals surface area contributed by atoms with Gasteiger partial charge in [0.2, 0.25) is 5.91 Å².